The molecule has 0 atom stereocenters. The van der Waals surface area contributed by atoms with Gasteiger partial charge in [0.15, 0.2) is 0 Å². The predicted octanol–water partition coefficient (Wildman–Crippen LogP) is 2.96. The van der Waals surface area contributed by atoms with Crippen LogP contribution in [0.4, 0.5) is 8.78 Å². The Morgan fingerprint density at radius 2 is 1.69 bits per heavy atom. The maximum atomic E-state index is 13.6. The quantitative estimate of drug-likeness (QED) is 0.335. The number of likely N-dealkylation sites (N-methyl/N-ethyl adjacent to an activating group) is 1. The summed E-state index contributed by atoms with van der Waals surface area (Å²) in [6.07, 6.45) is 0.933. The van der Waals surface area contributed by atoms with Crippen molar-refractivity contribution in [1.82, 2.24) is 19.6 Å². The van der Waals surface area contributed by atoms with Crippen molar-refractivity contribution in [2.24, 2.45) is 0 Å². The zero-order valence-corrected chi connectivity index (χ0v) is 20.3. The van der Waals surface area contributed by atoms with E-state index in [9.17, 15) is 18.4 Å². The molecule has 36 heavy (non-hydrogen) atoms. The van der Waals surface area contributed by atoms with Crippen molar-refractivity contribution < 1.29 is 18.3 Å². The fraction of sp³-hybridized carbons (Fsp3) is 0.370. The number of halogens is 2. The Morgan fingerprint density at radius 3 is 2.44 bits per heavy atom. The van der Waals surface area contributed by atoms with Gasteiger partial charge in [0, 0.05) is 50.4 Å². The van der Waals surface area contributed by atoms with Gasteiger partial charge in [0.2, 0.25) is 0 Å². The molecule has 190 valence electrons. The Balaban J connectivity index is 1.32. The van der Waals surface area contributed by atoms with E-state index in [0.29, 0.717) is 6.61 Å². The normalized spacial score (nSPS) is 14.6. The molecule has 3 aromatic rings. The zero-order chi connectivity index (χ0) is 25.5. The van der Waals surface area contributed by atoms with Crippen molar-refractivity contribution in [3.63, 3.8) is 0 Å². The largest absolute Gasteiger partial charge is 0.465 e. The minimum Gasteiger partial charge on any atom is -0.465 e. The van der Waals surface area contributed by atoms with Gasteiger partial charge in [-0.2, -0.15) is 5.10 Å². The van der Waals surface area contributed by atoms with Gasteiger partial charge >= 0.3 is 5.97 Å². The van der Waals surface area contributed by atoms with Gasteiger partial charge in [0.1, 0.15) is 11.6 Å². The molecule has 1 saturated heterocycles. The van der Waals surface area contributed by atoms with Crippen molar-refractivity contribution in [3.8, 4) is 11.3 Å². The van der Waals surface area contributed by atoms with Crippen molar-refractivity contribution in [2.75, 3.05) is 46.4 Å². The number of hydrogen-bond acceptors (Lipinski definition) is 6. The number of piperazine rings is 1. The summed E-state index contributed by atoms with van der Waals surface area (Å²) in [7, 11) is 2.12. The SMILES string of the molecule is CN1CCN(CCCOC(=O)Cc2cccc(Cn3nc(-c4cc(F)cc(F)c4)ccc3=O)c2)CC1. The second-order valence-electron chi connectivity index (χ2n) is 9.09. The highest BCUT2D eigenvalue weighted by Gasteiger charge is 2.14. The fourth-order valence-electron chi connectivity index (χ4n) is 4.19. The number of carbonyl (C=O) groups excluding carboxylic acids is 1. The highest BCUT2D eigenvalue weighted by atomic mass is 19.1. The van der Waals surface area contributed by atoms with Crippen LogP contribution in [0.5, 0.6) is 0 Å². The number of nitrogens with zero attached hydrogens (tertiary/aromatic N) is 4. The zero-order valence-electron chi connectivity index (χ0n) is 20.3. The first-order valence-electron chi connectivity index (χ1n) is 12.0. The Bertz CT molecular complexity index is 1240. The van der Waals surface area contributed by atoms with Crippen LogP contribution in [0.3, 0.4) is 0 Å². The van der Waals surface area contributed by atoms with Crippen LogP contribution in [0.25, 0.3) is 11.3 Å². The summed E-state index contributed by atoms with van der Waals surface area (Å²) in [4.78, 5) is 29.4. The lowest BCUT2D eigenvalue weighted by molar-refractivity contribution is -0.143. The Labute approximate surface area is 208 Å². The van der Waals surface area contributed by atoms with Crippen LogP contribution in [-0.4, -0.2) is 71.9 Å². The third kappa shape index (κ3) is 7.29. The van der Waals surface area contributed by atoms with E-state index in [0.717, 1.165) is 68.5 Å². The number of benzene rings is 2. The molecule has 1 aliphatic heterocycles. The molecule has 0 bridgehead atoms. The van der Waals surface area contributed by atoms with E-state index in [1.54, 1.807) is 0 Å². The van der Waals surface area contributed by atoms with Gasteiger partial charge in [0.05, 0.1) is 25.3 Å². The van der Waals surface area contributed by atoms with E-state index in [1.165, 1.54) is 16.8 Å². The third-order valence-corrected chi connectivity index (χ3v) is 6.17. The van der Waals surface area contributed by atoms with Crippen molar-refractivity contribution in [3.05, 3.63) is 87.7 Å². The molecule has 0 aliphatic carbocycles. The monoisotopic (exact) mass is 496 g/mol. The summed E-state index contributed by atoms with van der Waals surface area (Å²) < 4.78 is 33.9. The highest BCUT2D eigenvalue weighted by molar-refractivity contribution is 5.72. The third-order valence-electron chi connectivity index (χ3n) is 6.17. The number of ether oxygens (including phenoxy) is 1. The molecule has 4 rings (SSSR count). The lowest BCUT2D eigenvalue weighted by atomic mass is 10.1. The van der Waals surface area contributed by atoms with Gasteiger partial charge in [0.25, 0.3) is 5.56 Å². The second-order valence-corrected chi connectivity index (χ2v) is 9.09. The molecule has 7 nitrogen and oxygen atoms in total. The van der Waals surface area contributed by atoms with Crippen molar-refractivity contribution in [1.29, 1.82) is 0 Å². The predicted molar refractivity (Wildman–Crippen MR) is 133 cm³/mol. The number of aromatic nitrogens is 2. The molecular weight excluding hydrogens is 466 g/mol. The summed E-state index contributed by atoms with van der Waals surface area (Å²) in [5, 5.41) is 4.28. The number of hydrogen-bond donors (Lipinski definition) is 0. The molecule has 0 amide bonds. The van der Waals surface area contributed by atoms with Crippen LogP contribution < -0.4 is 5.56 Å². The van der Waals surface area contributed by atoms with Crippen LogP contribution in [0, 0.1) is 11.6 Å². The van der Waals surface area contributed by atoms with E-state index < -0.39 is 11.6 Å². The van der Waals surface area contributed by atoms with Gasteiger partial charge in [-0.3, -0.25) is 9.59 Å². The first kappa shape index (κ1) is 25.7. The summed E-state index contributed by atoms with van der Waals surface area (Å²) in [5.41, 5.74) is 1.72. The first-order valence-corrected chi connectivity index (χ1v) is 12.0. The lowest BCUT2D eigenvalue weighted by Gasteiger charge is -2.32. The minimum atomic E-state index is -0.719. The molecule has 9 heteroatoms. The lowest BCUT2D eigenvalue weighted by Crippen LogP contribution is -2.44. The topological polar surface area (TPSA) is 67.7 Å². The fourth-order valence-corrected chi connectivity index (χ4v) is 4.19. The molecule has 1 aliphatic rings. The molecule has 0 radical (unpaired) electrons. The summed E-state index contributed by atoms with van der Waals surface area (Å²) in [5.74, 6) is -1.73. The van der Waals surface area contributed by atoms with Crippen LogP contribution in [0.2, 0.25) is 0 Å². The molecule has 0 spiro atoms. The number of esters is 1. The Morgan fingerprint density at radius 1 is 0.972 bits per heavy atom. The Kier molecular flexibility index (Phi) is 8.56. The van der Waals surface area contributed by atoms with Crippen LogP contribution in [0.1, 0.15) is 17.5 Å². The molecule has 0 N–H and O–H groups in total. The van der Waals surface area contributed by atoms with E-state index in [4.69, 9.17) is 4.74 Å². The summed E-state index contributed by atoms with van der Waals surface area (Å²) in [6, 6.07) is 13.2. The van der Waals surface area contributed by atoms with E-state index in [1.807, 2.05) is 24.3 Å². The van der Waals surface area contributed by atoms with Crippen molar-refractivity contribution in [2.45, 2.75) is 19.4 Å². The molecule has 0 saturated carbocycles. The molecule has 1 aromatic heterocycles. The number of rotatable bonds is 9. The average molecular weight is 497 g/mol. The maximum Gasteiger partial charge on any atom is 0.310 e. The maximum absolute atomic E-state index is 13.6. The summed E-state index contributed by atoms with van der Waals surface area (Å²) in [6.45, 7) is 5.65. The van der Waals surface area contributed by atoms with Crippen molar-refractivity contribution >= 4 is 5.97 Å². The van der Waals surface area contributed by atoms with Crippen LogP contribution in [0.15, 0.2) is 59.4 Å². The highest BCUT2D eigenvalue weighted by Crippen LogP contribution is 2.19. The molecule has 2 aromatic carbocycles. The second kappa shape index (κ2) is 12.0. The molecule has 2 heterocycles. The minimum absolute atomic E-state index is 0.132. The molecule has 0 unspecified atom stereocenters. The van der Waals surface area contributed by atoms with Crippen LogP contribution >= 0.6 is 0 Å². The van der Waals surface area contributed by atoms with Gasteiger partial charge < -0.3 is 14.5 Å². The molecular formula is C27H30F2N4O3. The van der Waals surface area contributed by atoms with Gasteiger partial charge in [-0.1, -0.05) is 24.3 Å². The smallest absolute Gasteiger partial charge is 0.310 e. The Hall–Kier alpha value is -3.43. The summed E-state index contributed by atoms with van der Waals surface area (Å²) >= 11 is 0. The van der Waals surface area contributed by atoms with E-state index >= 15 is 0 Å². The number of carbonyl (C=O) groups is 1. The first-order chi connectivity index (χ1) is 17.4. The van der Waals surface area contributed by atoms with Gasteiger partial charge in [-0.15, -0.1) is 0 Å². The molecule has 1 fully saturated rings. The van der Waals surface area contributed by atoms with E-state index in [-0.39, 0.29) is 35.8 Å². The standard InChI is InChI=1S/C27H30F2N4O3/c1-31-9-11-32(12-10-31)8-3-13-36-27(35)15-20-4-2-5-21(14-20)19-33-26(34)7-6-25(30-33)22-16-23(28)18-24(29)17-22/h2,4-7,14,16-18H,3,8-13,15,19H2,1H3. The van der Waals surface area contributed by atoms with Crippen LogP contribution in [-0.2, 0) is 22.5 Å². The van der Waals surface area contributed by atoms with E-state index in [2.05, 4.69) is 21.9 Å². The van der Waals surface area contributed by atoms with Gasteiger partial charge in [-0.25, -0.2) is 13.5 Å². The van der Waals surface area contributed by atoms with Gasteiger partial charge in [-0.05, 0) is 42.8 Å². The average Bonchev–Trinajstić information content (AvgIpc) is 2.84.